The molecule has 0 spiro atoms. The van der Waals surface area contributed by atoms with Crippen LogP contribution in [0.1, 0.15) is 21.5 Å². The van der Waals surface area contributed by atoms with Crippen molar-refractivity contribution in [2.75, 3.05) is 7.11 Å². The summed E-state index contributed by atoms with van der Waals surface area (Å²) in [6, 6.07) is 19.1. The molecule has 5 heteroatoms. The molecule has 0 fully saturated rings. The van der Waals surface area contributed by atoms with Gasteiger partial charge in [-0.3, -0.25) is 4.79 Å². The number of fused-ring (bicyclic) bond motifs is 2. The number of cyclic esters (lactones) is 1. The number of hydrogen-bond acceptors (Lipinski definition) is 4. The van der Waals surface area contributed by atoms with Crippen LogP contribution in [0.5, 0.6) is 5.75 Å². The highest BCUT2D eigenvalue weighted by Gasteiger charge is 2.30. The van der Waals surface area contributed by atoms with E-state index in [9.17, 15) is 9.59 Å². The van der Waals surface area contributed by atoms with Gasteiger partial charge in [-0.1, -0.05) is 36.4 Å². The van der Waals surface area contributed by atoms with E-state index in [1.807, 2.05) is 48.5 Å². The summed E-state index contributed by atoms with van der Waals surface area (Å²) < 4.78 is 10.5. The summed E-state index contributed by atoms with van der Waals surface area (Å²) in [5, 5.41) is 5.01. The van der Waals surface area contributed by atoms with Crippen molar-refractivity contribution in [1.29, 1.82) is 0 Å². The van der Waals surface area contributed by atoms with E-state index in [1.165, 1.54) is 0 Å². The number of rotatable bonds is 4. The molecule has 1 amide bonds. The predicted octanol–water partition coefficient (Wildman–Crippen LogP) is 3.25. The number of carbonyl (C=O) groups is 2. The minimum atomic E-state index is -0.794. The maximum Gasteiger partial charge on any atom is 0.339 e. The third-order valence-electron chi connectivity index (χ3n) is 4.76. The molecule has 1 N–H and O–H groups in total. The number of amides is 1. The Bertz CT molecular complexity index is 1030. The first kappa shape index (κ1) is 17.1. The van der Waals surface area contributed by atoms with Crippen LogP contribution in [0.25, 0.3) is 10.8 Å². The lowest BCUT2D eigenvalue weighted by Gasteiger charge is -2.23. The molecule has 3 aromatic carbocycles. The van der Waals surface area contributed by atoms with Crippen molar-refractivity contribution in [3.05, 3.63) is 77.4 Å². The first-order valence-corrected chi connectivity index (χ1v) is 8.77. The molecular weight excluding hydrogens is 342 g/mol. The van der Waals surface area contributed by atoms with Crippen LogP contribution >= 0.6 is 0 Å². The minimum absolute atomic E-state index is 0.285. The van der Waals surface area contributed by atoms with Gasteiger partial charge in [0, 0.05) is 13.0 Å². The zero-order valence-corrected chi connectivity index (χ0v) is 14.9. The summed E-state index contributed by atoms with van der Waals surface area (Å²) >= 11 is 0. The molecule has 1 aliphatic heterocycles. The molecule has 3 aromatic rings. The van der Waals surface area contributed by atoms with E-state index in [-0.39, 0.29) is 5.91 Å². The minimum Gasteiger partial charge on any atom is -0.497 e. The fourth-order valence-electron chi connectivity index (χ4n) is 3.29. The summed E-state index contributed by atoms with van der Waals surface area (Å²) in [5.41, 5.74) is 2.35. The Hall–Kier alpha value is -3.34. The highest BCUT2D eigenvalue weighted by Crippen LogP contribution is 2.23. The van der Waals surface area contributed by atoms with Gasteiger partial charge in [-0.05, 0) is 46.2 Å². The van der Waals surface area contributed by atoms with Gasteiger partial charge in [0.2, 0.25) is 0 Å². The van der Waals surface area contributed by atoms with Crippen molar-refractivity contribution in [2.45, 2.75) is 19.1 Å². The van der Waals surface area contributed by atoms with Crippen LogP contribution in [0.3, 0.4) is 0 Å². The Labute approximate surface area is 156 Å². The van der Waals surface area contributed by atoms with E-state index in [1.54, 1.807) is 19.2 Å². The largest absolute Gasteiger partial charge is 0.497 e. The molecule has 1 aliphatic rings. The number of methoxy groups -OCH3 is 1. The van der Waals surface area contributed by atoms with Crippen molar-refractivity contribution in [3.63, 3.8) is 0 Å². The molecule has 0 saturated heterocycles. The summed E-state index contributed by atoms with van der Waals surface area (Å²) in [6.45, 7) is 0.372. The van der Waals surface area contributed by atoms with E-state index in [0.717, 1.165) is 27.6 Å². The molecule has 0 bridgehead atoms. The molecule has 27 heavy (non-hydrogen) atoms. The van der Waals surface area contributed by atoms with Crippen LogP contribution in [0.15, 0.2) is 60.7 Å². The monoisotopic (exact) mass is 361 g/mol. The molecular formula is C22H19NO4. The van der Waals surface area contributed by atoms with Gasteiger partial charge < -0.3 is 14.8 Å². The first-order valence-electron chi connectivity index (χ1n) is 8.77. The van der Waals surface area contributed by atoms with Gasteiger partial charge in [0.05, 0.1) is 12.7 Å². The number of carbonyl (C=O) groups excluding carboxylic acids is 2. The highest BCUT2D eigenvalue weighted by molar-refractivity contribution is 5.95. The van der Waals surface area contributed by atoms with Crippen LogP contribution in [-0.4, -0.2) is 25.1 Å². The number of ether oxygens (including phenoxy) is 2. The SMILES string of the molecule is COc1ccc2cc(CNC(=O)C3Cc4ccccc4C(=O)O3)ccc2c1. The Balaban J connectivity index is 1.43. The molecule has 0 aliphatic carbocycles. The summed E-state index contributed by atoms with van der Waals surface area (Å²) in [6.07, 6.45) is -0.400. The van der Waals surface area contributed by atoms with Crippen LogP contribution in [0.4, 0.5) is 0 Å². The van der Waals surface area contributed by atoms with E-state index in [2.05, 4.69) is 5.32 Å². The molecule has 1 atom stereocenters. The summed E-state index contributed by atoms with van der Waals surface area (Å²) in [7, 11) is 1.64. The lowest BCUT2D eigenvalue weighted by Crippen LogP contribution is -2.41. The summed E-state index contributed by atoms with van der Waals surface area (Å²) in [4.78, 5) is 24.5. The molecule has 4 rings (SSSR count). The quantitative estimate of drug-likeness (QED) is 0.725. The third kappa shape index (κ3) is 3.49. The van der Waals surface area contributed by atoms with Crippen molar-refractivity contribution in [3.8, 4) is 5.75 Å². The van der Waals surface area contributed by atoms with Gasteiger partial charge in [-0.25, -0.2) is 4.79 Å². The standard InChI is InChI=1S/C22H19NO4/c1-26-18-9-8-15-10-14(6-7-16(15)11-18)13-23-21(24)20-12-17-4-2-3-5-19(17)22(25)27-20/h2-11,20H,12-13H2,1H3,(H,23,24). The first-order chi connectivity index (χ1) is 13.1. The molecule has 0 radical (unpaired) electrons. The lowest BCUT2D eigenvalue weighted by atomic mass is 9.98. The van der Waals surface area contributed by atoms with Crippen molar-refractivity contribution in [2.24, 2.45) is 0 Å². The second kappa shape index (κ2) is 7.11. The van der Waals surface area contributed by atoms with Gasteiger partial charge in [-0.2, -0.15) is 0 Å². The molecule has 0 saturated carbocycles. The Morgan fingerprint density at radius 2 is 1.89 bits per heavy atom. The summed E-state index contributed by atoms with van der Waals surface area (Å²) in [5.74, 6) is 0.0762. The smallest absolute Gasteiger partial charge is 0.339 e. The molecule has 1 unspecified atom stereocenters. The van der Waals surface area contributed by atoms with E-state index in [0.29, 0.717) is 18.5 Å². The number of esters is 1. The average Bonchev–Trinajstić information content (AvgIpc) is 2.71. The third-order valence-corrected chi connectivity index (χ3v) is 4.76. The number of benzene rings is 3. The normalized spacial score (nSPS) is 15.7. The number of hydrogen-bond donors (Lipinski definition) is 1. The second-order valence-corrected chi connectivity index (χ2v) is 6.52. The van der Waals surface area contributed by atoms with Gasteiger partial charge in [0.1, 0.15) is 5.75 Å². The maximum absolute atomic E-state index is 12.5. The van der Waals surface area contributed by atoms with E-state index >= 15 is 0 Å². The van der Waals surface area contributed by atoms with Gasteiger partial charge in [-0.15, -0.1) is 0 Å². The lowest BCUT2D eigenvalue weighted by molar-refractivity contribution is -0.130. The van der Waals surface area contributed by atoms with Gasteiger partial charge in [0.25, 0.3) is 5.91 Å². The Kier molecular flexibility index (Phi) is 4.50. The molecule has 136 valence electrons. The van der Waals surface area contributed by atoms with Crippen molar-refractivity contribution in [1.82, 2.24) is 5.32 Å². The van der Waals surface area contributed by atoms with Gasteiger partial charge in [0.15, 0.2) is 6.10 Å². The topological polar surface area (TPSA) is 64.6 Å². The average molecular weight is 361 g/mol. The predicted molar refractivity (Wildman–Crippen MR) is 102 cm³/mol. The Morgan fingerprint density at radius 3 is 2.74 bits per heavy atom. The van der Waals surface area contributed by atoms with Crippen LogP contribution in [0.2, 0.25) is 0 Å². The molecule has 1 heterocycles. The van der Waals surface area contributed by atoms with Crippen LogP contribution in [0, 0.1) is 0 Å². The fraction of sp³-hybridized carbons (Fsp3) is 0.182. The maximum atomic E-state index is 12.5. The second-order valence-electron chi connectivity index (χ2n) is 6.52. The molecule has 5 nitrogen and oxygen atoms in total. The van der Waals surface area contributed by atoms with Crippen molar-refractivity contribution < 1.29 is 19.1 Å². The van der Waals surface area contributed by atoms with Crippen LogP contribution < -0.4 is 10.1 Å². The van der Waals surface area contributed by atoms with Crippen molar-refractivity contribution >= 4 is 22.6 Å². The van der Waals surface area contributed by atoms with E-state index in [4.69, 9.17) is 9.47 Å². The van der Waals surface area contributed by atoms with Gasteiger partial charge >= 0.3 is 5.97 Å². The van der Waals surface area contributed by atoms with Crippen LogP contribution in [-0.2, 0) is 22.5 Å². The number of nitrogens with one attached hydrogen (secondary N) is 1. The zero-order chi connectivity index (χ0) is 18.8. The Morgan fingerprint density at radius 1 is 1.11 bits per heavy atom. The van der Waals surface area contributed by atoms with E-state index < -0.39 is 12.1 Å². The highest BCUT2D eigenvalue weighted by atomic mass is 16.5. The zero-order valence-electron chi connectivity index (χ0n) is 14.9. The molecule has 0 aromatic heterocycles. The fourth-order valence-corrected chi connectivity index (χ4v) is 3.29.